The average Bonchev–Trinajstić information content (AvgIpc) is 3.80. The molecule has 404 valence electrons. The summed E-state index contributed by atoms with van der Waals surface area (Å²) in [6.07, 6.45) is -20.7. The van der Waals surface area contributed by atoms with Gasteiger partial charge in [0, 0.05) is 32.5 Å². The number of amides is 3. The summed E-state index contributed by atoms with van der Waals surface area (Å²) in [5, 5.41) is 101. The molecular weight excluding hydrogens is 963 g/mol. The molecule has 9 unspecified atom stereocenters. The van der Waals surface area contributed by atoms with Crippen molar-refractivity contribution in [3.05, 3.63) is 35.5 Å². The summed E-state index contributed by atoms with van der Waals surface area (Å²) < 4.78 is 73.0. The molecule has 0 bridgehead atoms. The summed E-state index contributed by atoms with van der Waals surface area (Å²) >= 11 is 0. The minimum Gasteiger partial charge on any atom is -0.394 e. The van der Waals surface area contributed by atoms with E-state index in [2.05, 4.69) is 20.9 Å². The third kappa shape index (κ3) is 12.2. The Morgan fingerprint density at radius 3 is 2.14 bits per heavy atom. The van der Waals surface area contributed by atoms with Crippen molar-refractivity contribution in [3.8, 4) is 11.3 Å². The number of halogens is 2. The van der Waals surface area contributed by atoms with Gasteiger partial charge >= 0.3 is 0 Å². The van der Waals surface area contributed by atoms with Crippen LogP contribution in [0.2, 0.25) is 0 Å². The standard InChI is InChI=1S/C46H68F2N6O18/c1-6-8-28(43(65)53-9-7-10-53)68-42-33(50-22(5)58)44(70-31(17-56)37(42)61)69-29-13-23(12-26(49-21(4)57)41(29)72-46-40(64)39(63)35(59)20(3)67-46)18-66-45-38(62)34(36(60)30(16-55)71-45)54-15-27(51-52-54)24-11-19(2)32(48)25(47)14-24/h11,14-15,20,23,26,28-31,33-42,44-46,55-56,59-64H,6-10,12-13,16-18H2,1-5H3,(H,49,57)(H,50,58)/t20?,23?,26-,28+,29-,30-,31?,33?,34?,35-,36-,37+,38?,39+,40?,41?,42?,44-,45+,46+/m1/s1. The molecule has 10 N–H and O–H groups in total. The van der Waals surface area contributed by atoms with E-state index in [9.17, 15) is 64.0 Å². The van der Waals surface area contributed by atoms with Crippen molar-refractivity contribution < 1.29 is 97.2 Å². The zero-order valence-corrected chi connectivity index (χ0v) is 40.6. The number of ether oxygens (including phenoxy) is 7. The zero-order chi connectivity index (χ0) is 52.3. The van der Waals surface area contributed by atoms with Crippen molar-refractivity contribution in [2.75, 3.05) is 32.9 Å². The van der Waals surface area contributed by atoms with Crippen LogP contribution < -0.4 is 10.6 Å². The molecular formula is C46H68F2N6O18. The Hall–Kier alpha value is -3.97. The minimum atomic E-state index is -1.81. The molecule has 5 fully saturated rings. The number of carbonyl (C=O) groups excluding carboxylic acids is 3. The molecule has 4 saturated heterocycles. The Bertz CT molecular complexity index is 2140. The van der Waals surface area contributed by atoms with Crippen LogP contribution >= 0.6 is 0 Å². The largest absolute Gasteiger partial charge is 0.394 e. The van der Waals surface area contributed by atoms with E-state index in [1.54, 1.807) is 4.90 Å². The monoisotopic (exact) mass is 1030 g/mol. The SMILES string of the molecule is CCC[C@H](OC1C(NC(C)=O)[C@H](O[C@@H]2CC(CO[C@H]3O[C@H](CO)[C@@H](O)C(n4cc(-c5cc(C)c(F)c(F)c5)nn4)C3O)C[C@@H](NC(C)=O)C2O[C@@H]2OC(C)[C@@H](O)[C@H](O)C2O)OC(CO)[C@@H]1O)C(=O)N1CCC1. The molecule has 4 aliphatic heterocycles. The fraction of sp³-hybridized carbons (Fsp3) is 0.761. The molecule has 1 aromatic heterocycles. The molecule has 5 heterocycles. The van der Waals surface area contributed by atoms with Crippen molar-refractivity contribution in [2.24, 2.45) is 5.92 Å². The highest BCUT2D eigenvalue weighted by molar-refractivity contribution is 5.81. The van der Waals surface area contributed by atoms with Crippen molar-refractivity contribution in [1.29, 1.82) is 0 Å². The second-order valence-corrected chi connectivity index (χ2v) is 19.3. The van der Waals surface area contributed by atoms with Crippen LogP contribution in [-0.2, 0) is 47.5 Å². The van der Waals surface area contributed by atoms with Crippen molar-refractivity contribution in [2.45, 2.75) is 183 Å². The number of rotatable bonds is 18. The van der Waals surface area contributed by atoms with Gasteiger partial charge in [0.05, 0.1) is 44.3 Å². The number of aliphatic hydroxyl groups is 8. The van der Waals surface area contributed by atoms with Crippen LogP contribution in [0, 0.1) is 24.5 Å². The summed E-state index contributed by atoms with van der Waals surface area (Å²) in [7, 11) is 0. The van der Waals surface area contributed by atoms with E-state index >= 15 is 0 Å². The van der Waals surface area contributed by atoms with Gasteiger partial charge in [-0.2, -0.15) is 0 Å². The molecule has 5 aliphatic rings. The lowest BCUT2D eigenvalue weighted by atomic mass is 9.81. The number of benzene rings is 1. The lowest BCUT2D eigenvalue weighted by Crippen LogP contribution is -2.68. The van der Waals surface area contributed by atoms with Gasteiger partial charge in [-0.1, -0.05) is 18.6 Å². The summed E-state index contributed by atoms with van der Waals surface area (Å²) in [5.41, 5.74) is 0.227. The predicted molar refractivity (Wildman–Crippen MR) is 239 cm³/mol. The van der Waals surface area contributed by atoms with Crippen molar-refractivity contribution in [3.63, 3.8) is 0 Å². The number of nitrogens with zero attached hydrogens (tertiary/aromatic N) is 4. The fourth-order valence-corrected chi connectivity index (χ4v) is 9.97. The quantitative estimate of drug-likeness (QED) is 0.0733. The third-order valence-corrected chi connectivity index (χ3v) is 13.9. The van der Waals surface area contributed by atoms with Gasteiger partial charge < -0.3 is 89.5 Å². The Labute approximate surface area is 413 Å². The van der Waals surface area contributed by atoms with E-state index in [-0.39, 0.29) is 48.6 Å². The van der Waals surface area contributed by atoms with Crippen LogP contribution in [0.3, 0.4) is 0 Å². The first-order valence-electron chi connectivity index (χ1n) is 24.3. The van der Waals surface area contributed by atoms with Gasteiger partial charge in [0.1, 0.15) is 84.9 Å². The van der Waals surface area contributed by atoms with Crippen LogP contribution in [-0.4, -0.2) is 222 Å². The van der Waals surface area contributed by atoms with E-state index in [4.69, 9.17) is 33.2 Å². The molecule has 0 radical (unpaired) electrons. The van der Waals surface area contributed by atoms with Crippen LogP contribution in [0.4, 0.5) is 8.78 Å². The molecule has 3 amide bonds. The van der Waals surface area contributed by atoms with Crippen LogP contribution in [0.5, 0.6) is 0 Å². The molecule has 20 atom stereocenters. The van der Waals surface area contributed by atoms with Crippen molar-refractivity contribution in [1.82, 2.24) is 30.5 Å². The molecule has 1 aromatic carbocycles. The number of aromatic nitrogens is 3. The molecule has 26 heteroatoms. The number of hydrogen-bond donors (Lipinski definition) is 10. The maximum absolute atomic E-state index is 14.4. The molecule has 24 nitrogen and oxygen atoms in total. The lowest BCUT2D eigenvalue weighted by molar-refractivity contribution is -0.337. The van der Waals surface area contributed by atoms with E-state index in [0.29, 0.717) is 19.5 Å². The molecule has 2 aromatic rings. The Morgan fingerprint density at radius 2 is 1.51 bits per heavy atom. The Kier molecular flexibility index (Phi) is 18.7. The number of likely N-dealkylation sites (tertiary alicyclic amines) is 1. The first-order chi connectivity index (χ1) is 34.2. The van der Waals surface area contributed by atoms with E-state index in [0.717, 1.165) is 17.2 Å². The average molecular weight is 1030 g/mol. The number of hydrogen-bond acceptors (Lipinski definition) is 20. The molecule has 7 rings (SSSR count). The second kappa shape index (κ2) is 24.1. The van der Waals surface area contributed by atoms with E-state index < -0.39 is 159 Å². The molecule has 1 aliphatic carbocycles. The second-order valence-electron chi connectivity index (χ2n) is 19.3. The third-order valence-electron chi connectivity index (χ3n) is 13.9. The first kappa shape index (κ1) is 55.8. The highest BCUT2D eigenvalue weighted by Gasteiger charge is 2.54. The lowest BCUT2D eigenvalue weighted by Gasteiger charge is -2.49. The minimum absolute atomic E-state index is 0.00185. The summed E-state index contributed by atoms with van der Waals surface area (Å²) in [5.74, 6) is -4.32. The maximum Gasteiger partial charge on any atom is 0.251 e. The molecule has 72 heavy (non-hydrogen) atoms. The Balaban J connectivity index is 1.18. The van der Waals surface area contributed by atoms with Gasteiger partial charge in [0.2, 0.25) is 11.8 Å². The summed E-state index contributed by atoms with van der Waals surface area (Å²) in [6, 6.07) is -1.50. The maximum atomic E-state index is 14.4. The van der Waals surface area contributed by atoms with Crippen LogP contribution in [0.25, 0.3) is 11.3 Å². The van der Waals surface area contributed by atoms with Gasteiger partial charge in [-0.15, -0.1) is 5.10 Å². The number of carbonyl (C=O) groups is 3. The Morgan fingerprint density at radius 1 is 0.833 bits per heavy atom. The first-order valence-corrected chi connectivity index (χ1v) is 24.3. The normalized spacial score (nSPS) is 37.7. The highest BCUT2D eigenvalue weighted by atomic mass is 19.2. The van der Waals surface area contributed by atoms with Gasteiger partial charge in [-0.05, 0) is 63.1 Å². The van der Waals surface area contributed by atoms with Crippen molar-refractivity contribution >= 4 is 17.7 Å². The fourth-order valence-electron chi connectivity index (χ4n) is 9.97. The smallest absolute Gasteiger partial charge is 0.251 e. The van der Waals surface area contributed by atoms with Gasteiger partial charge in [0.15, 0.2) is 30.5 Å². The number of nitrogens with one attached hydrogen (secondary N) is 2. The van der Waals surface area contributed by atoms with E-state index in [1.807, 2.05) is 6.92 Å². The van der Waals surface area contributed by atoms with Gasteiger partial charge in [-0.3, -0.25) is 14.4 Å². The number of aryl methyl sites for hydroxylation is 1. The van der Waals surface area contributed by atoms with Crippen LogP contribution in [0.15, 0.2) is 18.3 Å². The van der Waals surface area contributed by atoms with Crippen LogP contribution in [0.1, 0.15) is 71.4 Å². The summed E-state index contributed by atoms with van der Waals surface area (Å²) in [4.78, 5) is 41.1. The number of aliphatic hydroxyl groups excluding tert-OH is 8. The molecule has 1 saturated carbocycles. The zero-order valence-electron chi connectivity index (χ0n) is 40.6. The van der Waals surface area contributed by atoms with Gasteiger partial charge in [-0.25, -0.2) is 13.5 Å². The topological polar surface area (TPSA) is 336 Å². The highest BCUT2D eigenvalue weighted by Crippen LogP contribution is 2.38. The summed E-state index contributed by atoms with van der Waals surface area (Å²) in [6.45, 7) is 6.32. The predicted octanol–water partition coefficient (Wildman–Crippen LogP) is -2.59. The molecule has 0 spiro atoms. The van der Waals surface area contributed by atoms with E-state index in [1.165, 1.54) is 40.0 Å². The van der Waals surface area contributed by atoms with Gasteiger partial charge in [0.25, 0.3) is 5.91 Å².